The average molecular weight is 278 g/mol. The zero-order valence-corrected chi connectivity index (χ0v) is 13.2. The summed E-state index contributed by atoms with van der Waals surface area (Å²) in [4.78, 5) is 2.23. The van der Waals surface area contributed by atoms with Gasteiger partial charge in [-0.2, -0.15) is 0 Å². The Kier molecular flexibility index (Phi) is 4.55. The first-order valence-corrected chi connectivity index (χ1v) is 7.15. The van der Waals surface area contributed by atoms with E-state index in [2.05, 4.69) is 57.2 Å². The molecule has 0 spiro atoms. The lowest BCUT2D eigenvalue weighted by molar-refractivity contribution is 0.174. The molecule has 0 aromatic heterocycles. The molecule has 1 unspecified atom stereocenters. The number of ether oxygens (including phenoxy) is 2. The third-order valence-electron chi connectivity index (χ3n) is 3.53. The van der Waals surface area contributed by atoms with Crippen LogP contribution in [0.4, 0.5) is 0 Å². The summed E-state index contributed by atoms with van der Waals surface area (Å²) in [5.41, 5.74) is 1.48. The van der Waals surface area contributed by atoms with E-state index in [1.165, 1.54) is 5.56 Å². The van der Waals surface area contributed by atoms with Crippen molar-refractivity contribution in [2.24, 2.45) is 5.41 Å². The first-order chi connectivity index (χ1) is 9.37. The maximum Gasteiger partial charge on any atom is 0.231 e. The topological polar surface area (TPSA) is 33.7 Å². The van der Waals surface area contributed by atoms with Gasteiger partial charge >= 0.3 is 0 Å². The molecule has 1 atom stereocenters. The van der Waals surface area contributed by atoms with Gasteiger partial charge in [0.2, 0.25) is 6.79 Å². The minimum absolute atomic E-state index is 0.244. The molecule has 0 bridgehead atoms. The van der Waals surface area contributed by atoms with Gasteiger partial charge in [0.25, 0.3) is 0 Å². The van der Waals surface area contributed by atoms with Crippen molar-refractivity contribution in [2.75, 3.05) is 34.0 Å². The predicted octanol–water partition coefficient (Wildman–Crippen LogP) is 2.65. The Balaban J connectivity index is 1.93. The summed E-state index contributed by atoms with van der Waals surface area (Å²) < 4.78 is 10.8. The van der Waals surface area contributed by atoms with Crippen LogP contribution in [0.15, 0.2) is 18.2 Å². The molecule has 1 aliphatic rings. The molecule has 0 amide bonds. The second-order valence-corrected chi connectivity index (χ2v) is 6.62. The highest BCUT2D eigenvalue weighted by Gasteiger charge is 2.21. The van der Waals surface area contributed by atoms with E-state index in [0.717, 1.165) is 24.6 Å². The Hall–Kier alpha value is -1.26. The van der Waals surface area contributed by atoms with E-state index in [1.807, 2.05) is 6.07 Å². The quantitative estimate of drug-likeness (QED) is 0.867. The minimum atomic E-state index is 0.244. The monoisotopic (exact) mass is 278 g/mol. The van der Waals surface area contributed by atoms with E-state index in [4.69, 9.17) is 9.47 Å². The smallest absolute Gasteiger partial charge is 0.231 e. The van der Waals surface area contributed by atoms with E-state index >= 15 is 0 Å². The van der Waals surface area contributed by atoms with Gasteiger partial charge in [0.05, 0.1) is 0 Å². The maximum atomic E-state index is 5.43. The lowest BCUT2D eigenvalue weighted by Gasteiger charge is -2.30. The van der Waals surface area contributed by atoms with Crippen LogP contribution in [0.5, 0.6) is 11.5 Å². The highest BCUT2D eigenvalue weighted by molar-refractivity contribution is 5.45. The molecule has 4 nitrogen and oxygen atoms in total. The normalized spacial score (nSPS) is 15.7. The Labute approximate surface area is 122 Å². The molecule has 112 valence electrons. The lowest BCUT2D eigenvalue weighted by atomic mass is 9.92. The molecule has 4 heteroatoms. The molecule has 1 aromatic rings. The van der Waals surface area contributed by atoms with Crippen molar-refractivity contribution in [2.45, 2.75) is 26.8 Å². The van der Waals surface area contributed by atoms with Gasteiger partial charge in [-0.1, -0.05) is 19.9 Å². The van der Waals surface area contributed by atoms with E-state index in [0.29, 0.717) is 12.8 Å². The Morgan fingerprint density at radius 2 is 1.95 bits per heavy atom. The third kappa shape index (κ3) is 3.87. The molecule has 20 heavy (non-hydrogen) atoms. The molecule has 0 radical (unpaired) electrons. The van der Waals surface area contributed by atoms with Crippen LogP contribution in [0.1, 0.15) is 32.4 Å². The molecule has 1 aromatic carbocycles. The fraction of sp³-hybridized carbons (Fsp3) is 0.625. The fourth-order valence-corrected chi connectivity index (χ4v) is 2.64. The number of nitrogens with one attached hydrogen (secondary N) is 1. The summed E-state index contributed by atoms with van der Waals surface area (Å²) in [6.07, 6.45) is 0. The molecule has 1 heterocycles. The van der Waals surface area contributed by atoms with Gasteiger partial charge < -0.3 is 19.7 Å². The van der Waals surface area contributed by atoms with Crippen molar-refractivity contribution >= 4 is 0 Å². The van der Waals surface area contributed by atoms with Crippen molar-refractivity contribution in [1.29, 1.82) is 0 Å². The predicted molar refractivity (Wildman–Crippen MR) is 81.3 cm³/mol. The van der Waals surface area contributed by atoms with Crippen LogP contribution in [0.25, 0.3) is 0 Å². The van der Waals surface area contributed by atoms with Crippen LogP contribution in [0, 0.1) is 5.41 Å². The molecule has 2 rings (SSSR count). The van der Waals surface area contributed by atoms with Crippen LogP contribution < -0.4 is 14.8 Å². The highest BCUT2D eigenvalue weighted by Crippen LogP contribution is 2.34. The van der Waals surface area contributed by atoms with Gasteiger partial charge in [-0.25, -0.2) is 0 Å². The van der Waals surface area contributed by atoms with Gasteiger partial charge in [0.15, 0.2) is 11.5 Å². The fourth-order valence-electron chi connectivity index (χ4n) is 2.64. The molecule has 0 saturated carbocycles. The number of benzene rings is 1. The molecule has 1 N–H and O–H groups in total. The van der Waals surface area contributed by atoms with Crippen molar-refractivity contribution in [3.05, 3.63) is 23.8 Å². The Bertz CT molecular complexity index is 458. The van der Waals surface area contributed by atoms with Gasteiger partial charge in [0.1, 0.15) is 0 Å². The van der Waals surface area contributed by atoms with Gasteiger partial charge in [-0.3, -0.25) is 0 Å². The molecular weight excluding hydrogens is 252 g/mol. The van der Waals surface area contributed by atoms with Crippen molar-refractivity contribution in [3.63, 3.8) is 0 Å². The number of fused-ring (bicyclic) bond motifs is 1. The summed E-state index contributed by atoms with van der Waals surface area (Å²) in [5, 5.41) is 3.61. The number of rotatable bonds is 6. The van der Waals surface area contributed by atoms with E-state index < -0.39 is 0 Å². The number of nitrogens with zero attached hydrogens (tertiary/aromatic N) is 1. The molecule has 0 saturated heterocycles. The molecule has 1 aliphatic heterocycles. The summed E-state index contributed by atoms with van der Waals surface area (Å²) in [6.45, 7) is 9.12. The Morgan fingerprint density at radius 3 is 2.65 bits per heavy atom. The largest absolute Gasteiger partial charge is 0.454 e. The van der Waals surface area contributed by atoms with Gasteiger partial charge in [-0.05, 0) is 44.1 Å². The first kappa shape index (κ1) is 15.1. The third-order valence-corrected chi connectivity index (χ3v) is 3.53. The van der Waals surface area contributed by atoms with E-state index in [9.17, 15) is 0 Å². The van der Waals surface area contributed by atoms with Crippen LogP contribution in [-0.4, -0.2) is 38.9 Å². The molecule has 0 fully saturated rings. The van der Waals surface area contributed by atoms with Crippen molar-refractivity contribution in [3.8, 4) is 11.5 Å². The summed E-state index contributed by atoms with van der Waals surface area (Å²) >= 11 is 0. The van der Waals surface area contributed by atoms with Gasteiger partial charge in [-0.15, -0.1) is 0 Å². The standard InChI is InChI=1S/C16H26N2O2/c1-12(17-9-16(2,3)10-18(4)5)13-6-7-14-15(8-13)20-11-19-14/h6-8,12,17H,9-11H2,1-5H3. The van der Waals surface area contributed by atoms with E-state index in [1.54, 1.807) is 0 Å². The number of hydrogen-bond donors (Lipinski definition) is 1. The zero-order valence-electron chi connectivity index (χ0n) is 13.2. The number of hydrogen-bond acceptors (Lipinski definition) is 4. The SMILES string of the molecule is CC(NCC(C)(C)CN(C)C)c1ccc2c(c1)OCO2. The molecule has 0 aliphatic carbocycles. The van der Waals surface area contributed by atoms with Crippen LogP contribution in [0.3, 0.4) is 0 Å². The van der Waals surface area contributed by atoms with Crippen LogP contribution in [0.2, 0.25) is 0 Å². The summed E-state index contributed by atoms with van der Waals surface area (Å²) in [5.74, 6) is 1.69. The summed E-state index contributed by atoms with van der Waals surface area (Å²) in [6, 6.07) is 6.45. The van der Waals surface area contributed by atoms with Gasteiger partial charge in [0, 0.05) is 19.1 Å². The second-order valence-electron chi connectivity index (χ2n) is 6.62. The van der Waals surface area contributed by atoms with Crippen molar-refractivity contribution < 1.29 is 9.47 Å². The van der Waals surface area contributed by atoms with Crippen molar-refractivity contribution in [1.82, 2.24) is 10.2 Å². The lowest BCUT2D eigenvalue weighted by Crippen LogP contribution is -2.38. The Morgan fingerprint density at radius 1 is 1.25 bits per heavy atom. The van der Waals surface area contributed by atoms with Crippen LogP contribution in [-0.2, 0) is 0 Å². The van der Waals surface area contributed by atoms with Crippen LogP contribution >= 0.6 is 0 Å². The first-order valence-electron chi connectivity index (χ1n) is 7.15. The highest BCUT2D eigenvalue weighted by atomic mass is 16.7. The second kappa shape index (κ2) is 6.02. The molecular formula is C16H26N2O2. The average Bonchev–Trinajstić information content (AvgIpc) is 2.81. The zero-order chi connectivity index (χ0) is 14.8. The summed E-state index contributed by atoms with van der Waals surface area (Å²) in [7, 11) is 4.23. The minimum Gasteiger partial charge on any atom is -0.454 e. The maximum absolute atomic E-state index is 5.43. The van der Waals surface area contributed by atoms with E-state index in [-0.39, 0.29) is 5.41 Å².